The Morgan fingerprint density at radius 3 is 2.44 bits per heavy atom. The van der Waals surface area contributed by atoms with E-state index in [1.165, 1.54) is 6.07 Å². The summed E-state index contributed by atoms with van der Waals surface area (Å²) >= 11 is 0. The molecule has 0 heterocycles. The number of hydrogen-bond donors (Lipinski definition) is 2. The van der Waals surface area contributed by atoms with Gasteiger partial charge in [-0.25, -0.2) is 4.79 Å². The Bertz CT molecular complexity index is 463. The first-order chi connectivity index (χ1) is 7.65. The minimum Gasteiger partial charge on any atom is -0.507 e. The fraction of sp³-hybridized carbons (Fsp3) is 0.333. The van der Waals surface area contributed by atoms with Gasteiger partial charge in [0.25, 0.3) is 0 Å². The van der Waals surface area contributed by atoms with Crippen molar-refractivity contribution in [2.75, 3.05) is 0 Å². The molecular formula is C12H12O4. The van der Waals surface area contributed by atoms with Crippen LogP contribution in [0.5, 0.6) is 5.75 Å². The third-order valence-corrected chi connectivity index (χ3v) is 3.01. The zero-order valence-corrected chi connectivity index (χ0v) is 8.69. The van der Waals surface area contributed by atoms with Crippen molar-refractivity contribution in [2.45, 2.75) is 25.7 Å². The van der Waals surface area contributed by atoms with E-state index >= 15 is 0 Å². The van der Waals surface area contributed by atoms with Crippen LogP contribution in [0.15, 0.2) is 6.07 Å². The largest absolute Gasteiger partial charge is 0.507 e. The Hall–Kier alpha value is -1.84. The maximum absolute atomic E-state index is 10.9. The summed E-state index contributed by atoms with van der Waals surface area (Å²) in [5.74, 6) is -1.37. The lowest BCUT2D eigenvalue weighted by Gasteiger charge is -2.19. The summed E-state index contributed by atoms with van der Waals surface area (Å²) in [6.45, 7) is 0. The van der Waals surface area contributed by atoms with Crippen LogP contribution in [-0.4, -0.2) is 22.5 Å². The van der Waals surface area contributed by atoms with E-state index in [2.05, 4.69) is 0 Å². The molecular weight excluding hydrogens is 208 g/mol. The van der Waals surface area contributed by atoms with Gasteiger partial charge in [0.05, 0.1) is 0 Å². The van der Waals surface area contributed by atoms with Crippen molar-refractivity contribution in [3.8, 4) is 5.75 Å². The standard InChI is InChI=1S/C12H12O4/c13-6-7-5-10(12(15)16)11(14)9-4-2-1-3-8(7)9/h5-6,14H,1-4H2,(H,15,16). The zero-order valence-electron chi connectivity index (χ0n) is 8.69. The Balaban J connectivity index is 2.69. The van der Waals surface area contributed by atoms with E-state index in [0.717, 1.165) is 24.8 Å². The fourth-order valence-corrected chi connectivity index (χ4v) is 2.23. The Morgan fingerprint density at radius 2 is 1.88 bits per heavy atom. The lowest BCUT2D eigenvalue weighted by Crippen LogP contribution is -2.10. The van der Waals surface area contributed by atoms with Gasteiger partial charge >= 0.3 is 5.97 Å². The van der Waals surface area contributed by atoms with Crippen molar-refractivity contribution in [1.29, 1.82) is 0 Å². The molecule has 0 aliphatic heterocycles. The lowest BCUT2D eigenvalue weighted by atomic mass is 9.86. The number of hydrogen-bond acceptors (Lipinski definition) is 3. The molecule has 4 nitrogen and oxygen atoms in total. The van der Waals surface area contributed by atoms with E-state index in [9.17, 15) is 14.7 Å². The molecule has 1 aliphatic carbocycles. The van der Waals surface area contributed by atoms with Crippen LogP contribution in [0.3, 0.4) is 0 Å². The van der Waals surface area contributed by atoms with E-state index in [1.54, 1.807) is 0 Å². The number of aldehydes is 1. The summed E-state index contributed by atoms with van der Waals surface area (Å²) in [5, 5.41) is 18.7. The number of carbonyl (C=O) groups excluding carboxylic acids is 1. The second kappa shape index (κ2) is 3.96. The average Bonchev–Trinajstić information content (AvgIpc) is 2.29. The molecule has 0 spiro atoms. The molecule has 0 unspecified atom stereocenters. The van der Waals surface area contributed by atoms with Crippen LogP contribution in [0, 0.1) is 0 Å². The van der Waals surface area contributed by atoms with Gasteiger partial charge in [-0.1, -0.05) is 0 Å². The van der Waals surface area contributed by atoms with E-state index < -0.39 is 5.97 Å². The highest BCUT2D eigenvalue weighted by atomic mass is 16.4. The number of carbonyl (C=O) groups is 2. The Morgan fingerprint density at radius 1 is 1.25 bits per heavy atom. The average molecular weight is 220 g/mol. The van der Waals surface area contributed by atoms with Gasteiger partial charge in [-0.15, -0.1) is 0 Å². The molecule has 2 N–H and O–H groups in total. The first kappa shape index (κ1) is 10.7. The molecule has 84 valence electrons. The van der Waals surface area contributed by atoms with Gasteiger partial charge in [-0.05, 0) is 42.9 Å². The Kier molecular flexibility index (Phi) is 2.64. The molecule has 0 saturated carbocycles. The maximum atomic E-state index is 10.9. The first-order valence-electron chi connectivity index (χ1n) is 5.21. The normalized spacial score (nSPS) is 14.2. The molecule has 0 bridgehead atoms. The van der Waals surface area contributed by atoms with Crippen molar-refractivity contribution in [3.63, 3.8) is 0 Å². The lowest BCUT2D eigenvalue weighted by molar-refractivity contribution is 0.0693. The highest BCUT2D eigenvalue weighted by Crippen LogP contribution is 2.34. The Labute approximate surface area is 92.5 Å². The van der Waals surface area contributed by atoms with Gasteiger partial charge in [-0.3, -0.25) is 4.79 Å². The summed E-state index contributed by atoms with van der Waals surface area (Å²) in [6, 6.07) is 1.26. The van der Waals surface area contributed by atoms with E-state index in [1.807, 2.05) is 0 Å². The monoisotopic (exact) mass is 220 g/mol. The predicted molar refractivity (Wildman–Crippen MR) is 57.1 cm³/mol. The third kappa shape index (κ3) is 1.56. The molecule has 1 aromatic carbocycles. The van der Waals surface area contributed by atoms with Gasteiger partial charge in [0.1, 0.15) is 17.6 Å². The summed E-state index contributed by atoms with van der Waals surface area (Å²) in [5.41, 5.74) is 1.66. The van der Waals surface area contributed by atoms with Gasteiger partial charge in [0, 0.05) is 5.56 Å². The highest BCUT2D eigenvalue weighted by Gasteiger charge is 2.22. The summed E-state index contributed by atoms with van der Waals surface area (Å²) in [6.07, 6.45) is 3.93. The molecule has 1 aliphatic rings. The van der Waals surface area contributed by atoms with Crippen LogP contribution >= 0.6 is 0 Å². The van der Waals surface area contributed by atoms with Crippen LogP contribution in [0.4, 0.5) is 0 Å². The number of carboxylic acids is 1. The molecule has 0 aromatic heterocycles. The van der Waals surface area contributed by atoms with Gasteiger partial charge in [-0.2, -0.15) is 0 Å². The predicted octanol–water partition coefficient (Wildman–Crippen LogP) is 1.78. The third-order valence-electron chi connectivity index (χ3n) is 3.01. The van der Waals surface area contributed by atoms with Gasteiger partial charge in [0.2, 0.25) is 0 Å². The first-order valence-corrected chi connectivity index (χ1v) is 5.21. The second-order valence-corrected chi connectivity index (χ2v) is 3.95. The van der Waals surface area contributed by atoms with Gasteiger partial charge in [0.15, 0.2) is 0 Å². The molecule has 0 saturated heterocycles. The van der Waals surface area contributed by atoms with E-state index in [4.69, 9.17) is 5.11 Å². The summed E-state index contributed by atoms with van der Waals surface area (Å²) in [4.78, 5) is 21.8. The molecule has 4 heteroatoms. The highest BCUT2D eigenvalue weighted by molar-refractivity contribution is 5.94. The summed E-state index contributed by atoms with van der Waals surface area (Å²) < 4.78 is 0. The van der Waals surface area contributed by atoms with E-state index in [0.29, 0.717) is 23.8 Å². The van der Waals surface area contributed by atoms with Crippen LogP contribution in [0.2, 0.25) is 0 Å². The molecule has 1 aromatic rings. The molecule has 0 atom stereocenters. The number of aromatic hydroxyl groups is 1. The van der Waals surface area contributed by atoms with Crippen molar-refractivity contribution in [2.24, 2.45) is 0 Å². The number of benzene rings is 1. The zero-order chi connectivity index (χ0) is 11.7. The number of phenols is 1. The molecule has 0 amide bonds. The smallest absolute Gasteiger partial charge is 0.339 e. The van der Waals surface area contributed by atoms with Crippen molar-refractivity contribution >= 4 is 12.3 Å². The molecule has 2 rings (SSSR count). The molecule has 0 radical (unpaired) electrons. The van der Waals surface area contributed by atoms with Crippen molar-refractivity contribution in [3.05, 3.63) is 28.3 Å². The quantitative estimate of drug-likeness (QED) is 0.745. The topological polar surface area (TPSA) is 74.6 Å². The SMILES string of the molecule is O=Cc1cc(C(=O)O)c(O)c2c1CCCC2. The number of rotatable bonds is 2. The van der Waals surface area contributed by atoms with Crippen LogP contribution in [0.25, 0.3) is 0 Å². The maximum Gasteiger partial charge on any atom is 0.339 e. The van der Waals surface area contributed by atoms with Crippen molar-refractivity contribution < 1.29 is 19.8 Å². The van der Waals surface area contributed by atoms with Crippen LogP contribution in [-0.2, 0) is 12.8 Å². The second-order valence-electron chi connectivity index (χ2n) is 3.95. The molecule has 0 fully saturated rings. The summed E-state index contributed by atoms with van der Waals surface area (Å²) in [7, 11) is 0. The van der Waals surface area contributed by atoms with Crippen LogP contribution in [0.1, 0.15) is 44.7 Å². The van der Waals surface area contributed by atoms with Gasteiger partial charge < -0.3 is 10.2 Å². The van der Waals surface area contributed by atoms with Crippen molar-refractivity contribution in [1.82, 2.24) is 0 Å². The van der Waals surface area contributed by atoms with Crippen LogP contribution < -0.4 is 0 Å². The molecule has 16 heavy (non-hydrogen) atoms. The fourth-order valence-electron chi connectivity index (χ4n) is 2.23. The number of fused-ring (bicyclic) bond motifs is 1. The van der Waals surface area contributed by atoms with E-state index in [-0.39, 0.29) is 11.3 Å². The number of carboxylic acid groups (broad SMARTS) is 1. The number of aromatic carboxylic acids is 1. The minimum atomic E-state index is -1.20. The minimum absolute atomic E-state index is 0.173.